The number of hydrogen-bond donors (Lipinski definition) is 1. The summed E-state index contributed by atoms with van der Waals surface area (Å²) >= 11 is 0. The lowest BCUT2D eigenvalue weighted by Gasteiger charge is -2.18. The fourth-order valence-corrected chi connectivity index (χ4v) is 2.49. The van der Waals surface area contributed by atoms with Crippen molar-refractivity contribution in [1.82, 2.24) is 0 Å². The summed E-state index contributed by atoms with van der Waals surface area (Å²) in [5.41, 5.74) is 5.30. The number of allylic oxidation sites excluding steroid dienone is 7. The standard InChI is InChI=1S/C17H21N/c1-11-5-6-12(2)16(9-13(11)3)17(10-18)14(4)15-7-8-15/h5-6,10,14-15,18H,1-3,7-9H2,4H3/b17-16-,18-10?/t14-/m1/s1. The SMILES string of the molecule is C=C1C=CC(=C)/C(=C(/C=N)[C@H](C)C2CC2)CC1=C. The fraction of sp³-hybridized carbons (Fsp3) is 0.353. The van der Waals surface area contributed by atoms with Crippen LogP contribution in [0.25, 0.3) is 0 Å². The first-order valence-electron chi connectivity index (χ1n) is 6.52. The molecule has 1 atom stereocenters. The van der Waals surface area contributed by atoms with Crippen LogP contribution >= 0.6 is 0 Å². The van der Waals surface area contributed by atoms with E-state index in [-0.39, 0.29) is 0 Å². The zero-order valence-corrected chi connectivity index (χ0v) is 11.1. The molecule has 0 unspecified atom stereocenters. The Kier molecular flexibility index (Phi) is 3.51. The van der Waals surface area contributed by atoms with Gasteiger partial charge < -0.3 is 5.41 Å². The Hall–Kier alpha value is -1.63. The second kappa shape index (κ2) is 4.93. The molecule has 0 heterocycles. The molecular weight excluding hydrogens is 218 g/mol. The molecule has 0 bridgehead atoms. The number of rotatable bonds is 3. The van der Waals surface area contributed by atoms with Gasteiger partial charge in [0.15, 0.2) is 0 Å². The first-order valence-corrected chi connectivity index (χ1v) is 6.52. The summed E-state index contributed by atoms with van der Waals surface area (Å²) < 4.78 is 0. The average Bonchev–Trinajstić information content (AvgIpc) is 3.18. The van der Waals surface area contributed by atoms with Gasteiger partial charge >= 0.3 is 0 Å². The van der Waals surface area contributed by atoms with Crippen molar-refractivity contribution in [2.45, 2.75) is 26.2 Å². The molecule has 0 aromatic rings. The minimum Gasteiger partial charge on any atom is -0.308 e. The third-order valence-corrected chi connectivity index (χ3v) is 4.04. The fourth-order valence-electron chi connectivity index (χ4n) is 2.49. The average molecular weight is 239 g/mol. The molecule has 0 aromatic heterocycles. The molecule has 94 valence electrons. The van der Waals surface area contributed by atoms with E-state index < -0.39 is 0 Å². The number of nitrogens with one attached hydrogen (secondary N) is 1. The summed E-state index contributed by atoms with van der Waals surface area (Å²) in [7, 11) is 0. The Morgan fingerprint density at radius 3 is 2.44 bits per heavy atom. The van der Waals surface area contributed by atoms with E-state index in [9.17, 15) is 0 Å². The van der Waals surface area contributed by atoms with Crippen molar-refractivity contribution in [3.63, 3.8) is 0 Å². The largest absolute Gasteiger partial charge is 0.308 e. The Labute approximate surface area is 110 Å². The van der Waals surface area contributed by atoms with Crippen LogP contribution in [0.1, 0.15) is 26.2 Å². The highest BCUT2D eigenvalue weighted by Gasteiger charge is 2.31. The highest BCUT2D eigenvalue weighted by Crippen LogP contribution is 2.42. The molecule has 0 aromatic carbocycles. The molecule has 1 fully saturated rings. The molecule has 0 radical (unpaired) electrons. The van der Waals surface area contributed by atoms with Crippen LogP contribution in [0.15, 0.2) is 59.8 Å². The molecule has 0 spiro atoms. The molecular formula is C17H21N. The van der Waals surface area contributed by atoms with Gasteiger partial charge in [-0.05, 0) is 59.0 Å². The quantitative estimate of drug-likeness (QED) is 0.696. The van der Waals surface area contributed by atoms with Crippen LogP contribution in [0.2, 0.25) is 0 Å². The molecule has 1 saturated carbocycles. The predicted molar refractivity (Wildman–Crippen MR) is 78.9 cm³/mol. The van der Waals surface area contributed by atoms with E-state index in [1.165, 1.54) is 24.6 Å². The highest BCUT2D eigenvalue weighted by molar-refractivity contribution is 5.80. The van der Waals surface area contributed by atoms with Crippen molar-refractivity contribution in [3.05, 3.63) is 59.8 Å². The van der Waals surface area contributed by atoms with Crippen LogP contribution in [-0.2, 0) is 0 Å². The van der Waals surface area contributed by atoms with Crippen LogP contribution in [-0.4, -0.2) is 6.21 Å². The van der Waals surface area contributed by atoms with Crippen LogP contribution in [0.3, 0.4) is 0 Å². The van der Waals surface area contributed by atoms with E-state index in [1.54, 1.807) is 0 Å². The Morgan fingerprint density at radius 2 is 1.89 bits per heavy atom. The summed E-state index contributed by atoms with van der Waals surface area (Å²) in [6, 6.07) is 0. The van der Waals surface area contributed by atoms with E-state index in [2.05, 4.69) is 26.7 Å². The van der Waals surface area contributed by atoms with E-state index >= 15 is 0 Å². The molecule has 18 heavy (non-hydrogen) atoms. The van der Waals surface area contributed by atoms with Gasteiger partial charge in [-0.1, -0.05) is 38.8 Å². The summed E-state index contributed by atoms with van der Waals surface area (Å²) in [5.74, 6) is 1.22. The maximum atomic E-state index is 7.73. The van der Waals surface area contributed by atoms with Gasteiger partial charge in [0.2, 0.25) is 0 Å². The van der Waals surface area contributed by atoms with Gasteiger partial charge in [0, 0.05) is 6.21 Å². The lowest BCUT2D eigenvalue weighted by Crippen LogP contribution is -2.07. The summed E-state index contributed by atoms with van der Waals surface area (Å²) in [5, 5.41) is 7.73. The van der Waals surface area contributed by atoms with Crippen LogP contribution in [0.5, 0.6) is 0 Å². The molecule has 2 aliphatic carbocycles. The topological polar surface area (TPSA) is 23.9 Å². The molecule has 2 aliphatic rings. The molecule has 0 amide bonds. The Morgan fingerprint density at radius 1 is 1.28 bits per heavy atom. The van der Waals surface area contributed by atoms with Gasteiger partial charge in [-0.3, -0.25) is 0 Å². The second-order valence-corrected chi connectivity index (χ2v) is 5.37. The Bertz CT molecular complexity index is 484. The smallest absolute Gasteiger partial charge is 0.0215 e. The molecule has 0 saturated heterocycles. The van der Waals surface area contributed by atoms with Crippen molar-refractivity contribution < 1.29 is 0 Å². The van der Waals surface area contributed by atoms with Gasteiger partial charge in [0.1, 0.15) is 0 Å². The normalized spacial score (nSPS) is 24.8. The zero-order valence-electron chi connectivity index (χ0n) is 11.1. The Balaban J connectivity index is 2.40. The van der Waals surface area contributed by atoms with Crippen molar-refractivity contribution in [3.8, 4) is 0 Å². The lowest BCUT2D eigenvalue weighted by atomic mass is 9.87. The number of hydrogen-bond acceptors (Lipinski definition) is 1. The summed E-state index contributed by atoms with van der Waals surface area (Å²) in [4.78, 5) is 0. The molecule has 0 aliphatic heterocycles. The minimum absolute atomic E-state index is 0.460. The van der Waals surface area contributed by atoms with E-state index in [4.69, 9.17) is 5.41 Å². The predicted octanol–water partition coefficient (Wildman–Crippen LogP) is 4.61. The van der Waals surface area contributed by atoms with Crippen molar-refractivity contribution in [1.29, 1.82) is 5.41 Å². The molecule has 1 heteroatoms. The van der Waals surface area contributed by atoms with E-state index in [1.807, 2.05) is 12.2 Å². The van der Waals surface area contributed by atoms with Crippen LogP contribution < -0.4 is 0 Å². The highest BCUT2D eigenvalue weighted by atomic mass is 14.4. The van der Waals surface area contributed by atoms with Crippen LogP contribution in [0.4, 0.5) is 0 Å². The molecule has 1 nitrogen and oxygen atoms in total. The van der Waals surface area contributed by atoms with Crippen molar-refractivity contribution >= 4 is 6.21 Å². The summed E-state index contributed by atoms with van der Waals surface area (Å²) in [6.07, 6.45) is 8.84. The van der Waals surface area contributed by atoms with E-state index in [0.29, 0.717) is 5.92 Å². The maximum Gasteiger partial charge on any atom is 0.0215 e. The van der Waals surface area contributed by atoms with Gasteiger partial charge in [-0.2, -0.15) is 0 Å². The first kappa shape index (κ1) is 12.8. The van der Waals surface area contributed by atoms with Crippen molar-refractivity contribution in [2.75, 3.05) is 0 Å². The van der Waals surface area contributed by atoms with Crippen molar-refractivity contribution in [2.24, 2.45) is 11.8 Å². The van der Waals surface area contributed by atoms with Crippen LogP contribution in [0, 0.1) is 17.2 Å². The third kappa shape index (κ3) is 2.45. The first-order chi connectivity index (χ1) is 8.54. The second-order valence-electron chi connectivity index (χ2n) is 5.37. The van der Waals surface area contributed by atoms with Gasteiger partial charge in [0.25, 0.3) is 0 Å². The monoisotopic (exact) mass is 239 g/mol. The lowest BCUT2D eigenvalue weighted by molar-refractivity contribution is 0.607. The maximum absolute atomic E-state index is 7.73. The van der Waals surface area contributed by atoms with Gasteiger partial charge in [0.05, 0.1) is 0 Å². The van der Waals surface area contributed by atoms with E-state index in [0.717, 1.165) is 34.6 Å². The molecule has 2 rings (SSSR count). The summed E-state index contributed by atoms with van der Waals surface area (Å²) in [6.45, 7) is 14.4. The minimum atomic E-state index is 0.460. The van der Waals surface area contributed by atoms with Gasteiger partial charge in [-0.25, -0.2) is 0 Å². The zero-order chi connectivity index (χ0) is 13.3. The third-order valence-electron chi connectivity index (χ3n) is 4.04. The van der Waals surface area contributed by atoms with Gasteiger partial charge in [-0.15, -0.1) is 0 Å². The molecule has 1 N–H and O–H groups in total.